The number of carboxylic acids is 1. The maximum atomic E-state index is 12.0. The Hall–Kier alpha value is -3.07. The summed E-state index contributed by atoms with van der Waals surface area (Å²) in [6.45, 7) is 3.58. The van der Waals surface area contributed by atoms with Crippen LogP contribution in [-0.4, -0.2) is 36.5 Å². The molecule has 0 bridgehead atoms. The smallest absolute Gasteiger partial charge is 0.341 e. The molecule has 0 radical (unpaired) electrons. The van der Waals surface area contributed by atoms with Gasteiger partial charge in [0.2, 0.25) is 0 Å². The molecule has 0 heterocycles. The number of hydrogen-bond acceptors (Lipinski definition) is 5. The Morgan fingerprint density at radius 2 is 1.93 bits per heavy atom. The number of carbonyl (C=O) groups excluding carboxylic acids is 1. The van der Waals surface area contributed by atoms with Crippen molar-refractivity contribution in [3.8, 4) is 11.5 Å². The predicted octanol–water partition coefficient (Wildman–Crippen LogP) is 3.78. The molecule has 8 nitrogen and oxygen atoms in total. The van der Waals surface area contributed by atoms with Crippen LogP contribution in [0.5, 0.6) is 11.5 Å². The summed E-state index contributed by atoms with van der Waals surface area (Å²) < 4.78 is 11.3. The fourth-order valence-electron chi connectivity index (χ4n) is 2.19. The molecule has 2 rings (SSSR count). The number of amides is 2. The predicted molar refractivity (Wildman–Crippen MR) is 109 cm³/mol. The van der Waals surface area contributed by atoms with Crippen molar-refractivity contribution in [2.75, 3.05) is 18.5 Å². The lowest BCUT2D eigenvalue weighted by molar-refractivity contribution is -0.139. The van der Waals surface area contributed by atoms with E-state index < -0.39 is 18.6 Å². The zero-order valence-electron chi connectivity index (χ0n) is 15.4. The first-order chi connectivity index (χ1) is 13.4. The number of para-hydroxylation sites is 1. The molecule has 2 aromatic rings. The van der Waals surface area contributed by atoms with Crippen molar-refractivity contribution in [2.24, 2.45) is 5.10 Å². The van der Waals surface area contributed by atoms with Crippen LogP contribution in [0.25, 0.3) is 0 Å². The van der Waals surface area contributed by atoms with Crippen LogP contribution in [0.4, 0.5) is 10.5 Å². The van der Waals surface area contributed by atoms with Crippen molar-refractivity contribution in [3.63, 3.8) is 0 Å². The molecule has 0 aliphatic rings. The second-order valence-electron chi connectivity index (χ2n) is 5.57. The number of rotatable bonds is 8. The number of nitrogens with zero attached hydrogens (tertiary/aromatic N) is 1. The Labute approximate surface area is 170 Å². The number of halogens is 1. The van der Waals surface area contributed by atoms with Crippen LogP contribution in [0.3, 0.4) is 0 Å². The molecular formula is C19H20BrN3O5. The van der Waals surface area contributed by atoms with Gasteiger partial charge in [0.05, 0.1) is 12.8 Å². The summed E-state index contributed by atoms with van der Waals surface area (Å²) in [4.78, 5) is 22.7. The molecule has 3 N–H and O–H groups in total. The number of aliphatic carboxylic acids is 1. The lowest BCUT2D eigenvalue weighted by Crippen LogP contribution is -2.24. The number of anilines is 1. The molecule has 28 heavy (non-hydrogen) atoms. The van der Waals surface area contributed by atoms with E-state index in [-0.39, 0.29) is 0 Å². The van der Waals surface area contributed by atoms with E-state index in [1.165, 1.54) is 6.21 Å². The van der Waals surface area contributed by atoms with Gasteiger partial charge in [0.25, 0.3) is 0 Å². The Bertz CT molecular complexity index is 886. The van der Waals surface area contributed by atoms with Gasteiger partial charge in [-0.1, -0.05) is 18.2 Å². The maximum Gasteiger partial charge on any atom is 0.341 e. The van der Waals surface area contributed by atoms with Gasteiger partial charge in [-0.05, 0) is 53.5 Å². The first-order valence-corrected chi connectivity index (χ1v) is 9.16. The van der Waals surface area contributed by atoms with Crippen LogP contribution in [-0.2, 0) is 4.79 Å². The van der Waals surface area contributed by atoms with E-state index in [0.29, 0.717) is 33.8 Å². The van der Waals surface area contributed by atoms with E-state index in [9.17, 15) is 9.59 Å². The molecule has 0 unspecified atom stereocenters. The van der Waals surface area contributed by atoms with Gasteiger partial charge >= 0.3 is 12.0 Å². The average Bonchev–Trinajstić information content (AvgIpc) is 2.64. The third kappa shape index (κ3) is 6.27. The minimum atomic E-state index is -1.09. The standard InChI is InChI=1S/C19H20BrN3O5/c1-3-27-16-8-13(14(20)9-17(16)28-11-18(24)25)10-21-23-19(26)22-15-7-5-4-6-12(15)2/h4-10H,3,11H2,1-2H3,(H,24,25)(H2,22,23,26). The number of benzene rings is 2. The average molecular weight is 450 g/mol. The molecule has 0 saturated heterocycles. The molecular weight excluding hydrogens is 430 g/mol. The minimum Gasteiger partial charge on any atom is -0.490 e. The van der Waals surface area contributed by atoms with Gasteiger partial charge in [-0.25, -0.2) is 15.0 Å². The molecule has 148 valence electrons. The Morgan fingerprint density at radius 1 is 1.21 bits per heavy atom. The van der Waals surface area contributed by atoms with E-state index >= 15 is 0 Å². The van der Waals surface area contributed by atoms with Crippen molar-refractivity contribution >= 4 is 39.8 Å². The van der Waals surface area contributed by atoms with Gasteiger partial charge in [-0.15, -0.1) is 0 Å². The number of nitrogens with one attached hydrogen (secondary N) is 2. The molecule has 9 heteroatoms. The summed E-state index contributed by atoms with van der Waals surface area (Å²) >= 11 is 3.37. The normalized spacial score (nSPS) is 10.5. The number of ether oxygens (including phenoxy) is 2. The lowest BCUT2D eigenvalue weighted by Gasteiger charge is -2.12. The SMILES string of the molecule is CCOc1cc(C=NNC(=O)Nc2ccccc2C)c(Br)cc1OCC(=O)O. The van der Waals surface area contributed by atoms with Crippen molar-refractivity contribution in [2.45, 2.75) is 13.8 Å². The highest BCUT2D eigenvalue weighted by Gasteiger charge is 2.11. The topological polar surface area (TPSA) is 109 Å². The zero-order chi connectivity index (χ0) is 20.5. The molecule has 2 aromatic carbocycles. The van der Waals surface area contributed by atoms with Crippen molar-refractivity contribution in [1.29, 1.82) is 0 Å². The largest absolute Gasteiger partial charge is 0.490 e. The van der Waals surface area contributed by atoms with Gasteiger partial charge in [0.15, 0.2) is 18.1 Å². The first-order valence-electron chi connectivity index (χ1n) is 8.37. The Balaban J connectivity index is 2.07. The third-order valence-corrected chi connectivity index (χ3v) is 4.16. The highest BCUT2D eigenvalue weighted by atomic mass is 79.9. The summed E-state index contributed by atoms with van der Waals surface area (Å²) in [5.74, 6) is -0.427. The highest BCUT2D eigenvalue weighted by molar-refractivity contribution is 9.10. The van der Waals surface area contributed by atoms with Gasteiger partial charge in [-0.2, -0.15) is 5.10 Å². The zero-order valence-corrected chi connectivity index (χ0v) is 16.9. The number of hydrazone groups is 1. The molecule has 0 atom stereocenters. The van der Waals surface area contributed by atoms with E-state index in [1.807, 2.05) is 25.1 Å². The fraction of sp³-hybridized carbons (Fsp3) is 0.211. The Kier molecular flexibility index (Phi) is 7.82. The van der Waals surface area contributed by atoms with E-state index in [2.05, 4.69) is 31.8 Å². The van der Waals surface area contributed by atoms with Crippen molar-refractivity contribution in [3.05, 3.63) is 52.0 Å². The molecule has 0 aliphatic heterocycles. The summed E-state index contributed by atoms with van der Waals surface area (Å²) in [5, 5.41) is 15.4. The highest BCUT2D eigenvalue weighted by Crippen LogP contribution is 2.33. The maximum absolute atomic E-state index is 12.0. The number of carboxylic acid groups (broad SMARTS) is 1. The molecule has 0 saturated carbocycles. The number of carbonyl (C=O) groups is 2. The molecule has 0 fully saturated rings. The van der Waals surface area contributed by atoms with E-state index in [1.54, 1.807) is 25.1 Å². The first kappa shape index (κ1) is 21.2. The summed E-state index contributed by atoms with van der Waals surface area (Å²) in [7, 11) is 0. The van der Waals surface area contributed by atoms with Gasteiger partial charge < -0.3 is 19.9 Å². The fourth-order valence-corrected chi connectivity index (χ4v) is 2.62. The molecule has 0 aromatic heterocycles. The van der Waals surface area contributed by atoms with Crippen molar-refractivity contribution in [1.82, 2.24) is 5.43 Å². The van der Waals surface area contributed by atoms with Crippen LogP contribution < -0.4 is 20.2 Å². The van der Waals surface area contributed by atoms with Gasteiger partial charge in [-0.3, -0.25) is 0 Å². The van der Waals surface area contributed by atoms with Crippen LogP contribution in [0, 0.1) is 6.92 Å². The number of urea groups is 1. The number of hydrogen-bond donors (Lipinski definition) is 3. The lowest BCUT2D eigenvalue weighted by atomic mass is 10.2. The summed E-state index contributed by atoms with van der Waals surface area (Å²) in [5.41, 5.74) is 4.63. The van der Waals surface area contributed by atoms with Crippen LogP contribution >= 0.6 is 15.9 Å². The third-order valence-electron chi connectivity index (χ3n) is 3.48. The molecule has 2 amide bonds. The second-order valence-corrected chi connectivity index (χ2v) is 6.43. The van der Waals surface area contributed by atoms with Gasteiger partial charge in [0, 0.05) is 15.7 Å². The van der Waals surface area contributed by atoms with Crippen LogP contribution in [0.2, 0.25) is 0 Å². The van der Waals surface area contributed by atoms with E-state index in [0.717, 1.165) is 5.56 Å². The van der Waals surface area contributed by atoms with E-state index in [4.69, 9.17) is 14.6 Å². The summed E-state index contributed by atoms with van der Waals surface area (Å²) in [6.07, 6.45) is 1.44. The quantitative estimate of drug-likeness (QED) is 0.419. The second kappa shape index (κ2) is 10.3. The van der Waals surface area contributed by atoms with Crippen molar-refractivity contribution < 1.29 is 24.2 Å². The number of aryl methyl sites for hydroxylation is 1. The van der Waals surface area contributed by atoms with Gasteiger partial charge in [0.1, 0.15) is 0 Å². The summed E-state index contributed by atoms with van der Waals surface area (Å²) in [6, 6.07) is 10.1. The monoisotopic (exact) mass is 449 g/mol. The molecule has 0 aliphatic carbocycles. The minimum absolute atomic E-state index is 0.290. The van der Waals surface area contributed by atoms with Crippen LogP contribution in [0.15, 0.2) is 46.0 Å². The Morgan fingerprint density at radius 3 is 2.61 bits per heavy atom. The van der Waals surface area contributed by atoms with Crippen LogP contribution in [0.1, 0.15) is 18.1 Å². The molecule has 0 spiro atoms.